The average molecular weight is 300 g/mol. The molecule has 0 amide bonds. The first kappa shape index (κ1) is 11.4. The lowest BCUT2D eigenvalue weighted by atomic mass is 10.1. The van der Waals surface area contributed by atoms with Crippen LogP contribution in [0.4, 0.5) is 0 Å². The molecule has 0 atom stereocenters. The number of aromatic nitrogens is 2. The number of carbonyl (C=O) groups is 1. The van der Waals surface area contributed by atoms with Crippen molar-refractivity contribution in [2.24, 2.45) is 7.05 Å². The molecule has 0 unspecified atom stereocenters. The highest BCUT2D eigenvalue weighted by Gasteiger charge is 2.15. The summed E-state index contributed by atoms with van der Waals surface area (Å²) >= 11 is 9.20. The van der Waals surface area contributed by atoms with Crippen molar-refractivity contribution in [3.05, 3.63) is 51.2 Å². The van der Waals surface area contributed by atoms with E-state index in [0.29, 0.717) is 16.3 Å². The third-order valence-corrected chi connectivity index (χ3v) is 3.15. The van der Waals surface area contributed by atoms with E-state index in [9.17, 15) is 4.79 Å². The van der Waals surface area contributed by atoms with Crippen molar-refractivity contribution in [3.8, 4) is 0 Å². The molecule has 0 N–H and O–H groups in total. The Hall–Kier alpha value is -1.13. The van der Waals surface area contributed by atoms with Crippen LogP contribution in [0.15, 0.2) is 34.9 Å². The van der Waals surface area contributed by atoms with Gasteiger partial charge in [-0.3, -0.25) is 9.48 Å². The van der Waals surface area contributed by atoms with Crippen LogP contribution < -0.4 is 0 Å². The Kier molecular flexibility index (Phi) is 3.12. The van der Waals surface area contributed by atoms with Crippen molar-refractivity contribution in [1.29, 1.82) is 0 Å². The first-order valence-electron chi connectivity index (χ1n) is 4.57. The summed E-state index contributed by atoms with van der Waals surface area (Å²) in [6.45, 7) is 0. The zero-order valence-electron chi connectivity index (χ0n) is 8.45. The van der Waals surface area contributed by atoms with E-state index in [1.807, 2.05) is 0 Å². The van der Waals surface area contributed by atoms with Gasteiger partial charge in [0.2, 0.25) is 5.78 Å². The maximum Gasteiger partial charge on any atom is 0.212 e. The van der Waals surface area contributed by atoms with Gasteiger partial charge in [-0.15, -0.1) is 0 Å². The van der Waals surface area contributed by atoms with E-state index < -0.39 is 0 Å². The SMILES string of the molecule is Cn1nccc1C(=O)c1cc(Cl)ccc1Br. The number of hydrogen-bond acceptors (Lipinski definition) is 2. The molecule has 1 heterocycles. The Morgan fingerprint density at radius 2 is 2.19 bits per heavy atom. The Labute approximate surface area is 106 Å². The van der Waals surface area contributed by atoms with Gasteiger partial charge in [-0.25, -0.2) is 0 Å². The van der Waals surface area contributed by atoms with Crippen molar-refractivity contribution in [1.82, 2.24) is 9.78 Å². The molecule has 0 aliphatic carbocycles. The van der Waals surface area contributed by atoms with E-state index in [1.54, 1.807) is 37.5 Å². The molecular weight excluding hydrogens is 291 g/mol. The molecule has 0 fully saturated rings. The molecule has 0 bridgehead atoms. The monoisotopic (exact) mass is 298 g/mol. The molecule has 5 heteroatoms. The van der Waals surface area contributed by atoms with Crippen LogP contribution in [0, 0.1) is 0 Å². The van der Waals surface area contributed by atoms with Crippen molar-refractivity contribution < 1.29 is 4.79 Å². The molecule has 3 nitrogen and oxygen atoms in total. The Morgan fingerprint density at radius 3 is 2.81 bits per heavy atom. The lowest BCUT2D eigenvalue weighted by Gasteiger charge is -2.04. The number of rotatable bonds is 2. The van der Waals surface area contributed by atoms with E-state index in [-0.39, 0.29) is 5.78 Å². The highest BCUT2D eigenvalue weighted by molar-refractivity contribution is 9.10. The molecule has 0 spiro atoms. The maximum atomic E-state index is 12.2. The topological polar surface area (TPSA) is 34.9 Å². The van der Waals surface area contributed by atoms with Crippen molar-refractivity contribution in [2.45, 2.75) is 0 Å². The first-order valence-corrected chi connectivity index (χ1v) is 5.74. The zero-order valence-corrected chi connectivity index (χ0v) is 10.8. The van der Waals surface area contributed by atoms with Gasteiger partial charge in [0, 0.05) is 28.3 Å². The second-order valence-electron chi connectivity index (χ2n) is 3.29. The molecule has 1 aromatic heterocycles. The Morgan fingerprint density at radius 1 is 1.44 bits per heavy atom. The number of ketones is 1. The molecule has 0 radical (unpaired) electrons. The van der Waals surface area contributed by atoms with Crippen molar-refractivity contribution in [3.63, 3.8) is 0 Å². The number of carbonyl (C=O) groups excluding carboxylic acids is 1. The summed E-state index contributed by atoms with van der Waals surface area (Å²) in [4.78, 5) is 12.2. The van der Waals surface area contributed by atoms with E-state index in [2.05, 4.69) is 21.0 Å². The average Bonchev–Trinajstić information content (AvgIpc) is 2.67. The van der Waals surface area contributed by atoms with Crippen LogP contribution in [0.3, 0.4) is 0 Å². The molecule has 0 aliphatic rings. The van der Waals surface area contributed by atoms with Gasteiger partial charge in [0.1, 0.15) is 5.69 Å². The lowest BCUT2D eigenvalue weighted by Crippen LogP contribution is -2.08. The number of hydrogen-bond donors (Lipinski definition) is 0. The number of nitrogens with zero attached hydrogens (tertiary/aromatic N) is 2. The molecule has 16 heavy (non-hydrogen) atoms. The van der Waals surface area contributed by atoms with Crippen LogP contribution in [0.2, 0.25) is 5.02 Å². The van der Waals surface area contributed by atoms with E-state index >= 15 is 0 Å². The highest BCUT2D eigenvalue weighted by atomic mass is 79.9. The fourth-order valence-corrected chi connectivity index (χ4v) is 2.00. The Bertz CT molecular complexity index is 551. The minimum atomic E-state index is -0.102. The van der Waals surface area contributed by atoms with Gasteiger partial charge in [-0.05, 0) is 24.3 Å². The molecule has 2 rings (SSSR count). The fourth-order valence-electron chi connectivity index (χ4n) is 1.41. The van der Waals surface area contributed by atoms with Gasteiger partial charge in [0.25, 0.3) is 0 Å². The summed E-state index contributed by atoms with van der Waals surface area (Å²) in [5.41, 5.74) is 1.07. The summed E-state index contributed by atoms with van der Waals surface area (Å²) in [5, 5.41) is 4.50. The summed E-state index contributed by atoms with van der Waals surface area (Å²) in [6.07, 6.45) is 1.59. The van der Waals surface area contributed by atoms with Gasteiger partial charge in [0.05, 0.1) is 0 Å². The van der Waals surface area contributed by atoms with Crippen LogP contribution in [0.5, 0.6) is 0 Å². The lowest BCUT2D eigenvalue weighted by molar-refractivity contribution is 0.102. The normalized spacial score (nSPS) is 10.4. The quantitative estimate of drug-likeness (QED) is 0.799. The van der Waals surface area contributed by atoms with Gasteiger partial charge >= 0.3 is 0 Å². The fraction of sp³-hybridized carbons (Fsp3) is 0.0909. The van der Waals surface area contributed by atoms with Gasteiger partial charge in [-0.2, -0.15) is 5.10 Å². The molecule has 2 aromatic rings. The predicted molar refractivity (Wildman–Crippen MR) is 65.8 cm³/mol. The van der Waals surface area contributed by atoms with Crippen molar-refractivity contribution >= 4 is 33.3 Å². The van der Waals surface area contributed by atoms with Gasteiger partial charge < -0.3 is 0 Å². The third-order valence-electron chi connectivity index (χ3n) is 2.23. The molecular formula is C11H8BrClN2O. The number of halogens is 2. The zero-order chi connectivity index (χ0) is 11.7. The maximum absolute atomic E-state index is 12.2. The molecule has 0 saturated carbocycles. The smallest absolute Gasteiger partial charge is 0.212 e. The molecule has 0 saturated heterocycles. The summed E-state index contributed by atoms with van der Waals surface area (Å²) in [6, 6.07) is 6.80. The second-order valence-corrected chi connectivity index (χ2v) is 4.58. The van der Waals surface area contributed by atoms with Crippen LogP contribution in [0.25, 0.3) is 0 Å². The van der Waals surface area contributed by atoms with E-state index in [1.165, 1.54) is 4.68 Å². The first-order chi connectivity index (χ1) is 7.59. The summed E-state index contributed by atoms with van der Waals surface area (Å²) in [5.74, 6) is -0.102. The third kappa shape index (κ3) is 2.03. The van der Waals surface area contributed by atoms with Gasteiger partial charge in [-0.1, -0.05) is 27.5 Å². The number of benzene rings is 1. The number of aryl methyl sites for hydroxylation is 1. The van der Waals surface area contributed by atoms with Gasteiger partial charge in [0.15, 0.2) is 0 Å². The van der Waals surface area contributed by atoms with Crippen LogP contribution in [-0.4, -0.2) is 15.6 Å². The minimum Gasteiger partial charge on any atom is -0.287 e. The Balaban J connectivity index is 2.49. The van der Waals surface area contributed by atoms with Crippen LogP contribution in [-0.2, 0) is 7.05 Å². The standard InChI is InChI=1S/C11H8BrClN2O/c1-15-10(4-5-14-15)11(16)8-6-7(13)2-3-9(8)12/h2-6H,1H3. The van der Waals surface area contributed by atoms with E-state index in [4.69, 9.17) is 11.6 Å². The summed E-state index contributed by atoms with van der Waals surface area (Å²) in [7, 11) is 1.73. The van der Waals surface area contributed by atoms with Crippen LogP contribution >= 0.6 is 27.5 Å². The largest absolute Gasteiger partial charge is 0.287 e. The second kappa shape index (κ2) is 4.39. The molecule has 1 aromatic carbocycles. The summed E-state index contributed by atoms with van der Waals surface area (Å²) < 4.78 is 2.26. The molecule has 0 aliphatic heterocycles. The predicted octanol–water partition coefficient (Wildman–Crippen LogP) is 3.07. The van der Waals surface area contributed by atoms with E-state index in [0.717, 1.165) is 4.47 Å². The molecule has 82 valence electrons. The van der Waals surface area contributed by atoms with Crippen LogP contribution in [0.1, 0.15) is 16.1 Å². The van der Waals surface area contributed by atoms with Crippen molar-refractivity contribution in [2.75, 3.05) is 0 Å². The highest BCUT2D eigenvalue weighted by Crippen LogP contribution is 2.23. The minimum absolute atomic E-state index is 0.102.